The van der Waals surface area contributed by atoms with E-state index in [0.717, 1.165) is 19.5 Å². The average molecular weight is 360 g/mol. The highest BCUT2D eigenvalue weighted by Gasteiger charge is 2.22. The molecule has 1 aliphatic heterocycles. The van der Waals surface area contributed by atoms with Crippen molar-refractivity contribution in [3.8, 4) is 0 Å². The third-order valence-corrected chi connectivity index (χ3v) is 5.64. The monoisotopic (exact) mass is 359 g/mol. The molecule has 1 aromatic heterocycles. The van der Waals surface area contributed by atoms with E-state index < -0.39 is 0 Å². The fourth-order valence-corrected chi connectivity index (χ4v) is 4.22. The summed E-state index contributed by atoms with van der Waals surface area (Å²) in [6.07, 6.45) is 5.70. The van der Waals surface area contributed by atoms with Gasteiger partial charge < -0.3 is 4.57 Å². The zero-order valence-corrected chi connectivity index (χ0v) is 16.2. The molecule has 0 unspecified atom stereocenters. The molecule has 0 spiro atoms. The summed E-state index contributed by atoms with van der Waals surface area (Å²) in [5, 5.41) is 0. The highest BCUT2D eigenvalue weighted by molar-refractivity contribution is 5.18. The van der Waals surface area contributed by atoms with E-state index in [9.17, 15) is 0 Å². The van der Waals surface area contributed by atoms with E-state index in [1.54, 1.807) is 0 Å². The minimum atomic E-state index is 0.693. The molecule has 1 aliphatic rings. The SMILES string of the molecule is Cc1cnc(C[C@H]2CCCN(Cc3ccccc3)C2)n1Cc1ccccc1. The summed E-state index contributed by atoms with van der Waals surface area (Å²) in [6, 6.07) is 21.6. The lowest BCUT2D eigenvalue weighted by molar-refractivity contribution is 0.165. The van der Waals surface area contributed by atoms with E-state index in [-0.39, 0.29) is 0 Å². The van der Waals surface area contributed by atoms with Crippen LogP contribution in [0.1, 0.15) is 35.5 Å². The molecule has 1 fully saturated rings. The third kappa shape index (κ3) is 4.67. The molecule has 0 N–H and O–H groups in total. The number of piperidine rings is 1. The quantitative estimate of drug-likeness (QED) is 0.636. The molecule has 0 aliphatic carbocycles. The van der Waals surface area contributed by atoms with Crippen molar-refractivity contribution in [2.45, 2.75) is 39.3 Å². The summed E-state index contributed by atoms with van der Waals surface area (Å²) in [6.45, 7) is 6.54. The Kier molecular flexibility index (Phi) is 5.69. The summed E-state index contributed by atoms with van der Waals surface area (Å²) in [4.78, 5) is 7.37. The van der Waals surface area contributed by atoms with Crippen LogP contribution in [0.3, 0.4) is 0 Å². The van der Waals surface area contributed by atoms with Crippen molar-refractivity contribution in [3.05, 3.63) is 89.5 Å². The van der Waals surface area contributed by atoms with Crippen LogP contribution in [0.5, 0.6) is 0 Å². The number of nitrogens with zero attached hydrogens (tertiary/aromatic N) is 3. The zero-order chi connectivity index (χ0) is 18.5. The van der Waals surface area contributed by atoms with Crippen LogP contribution in [-0.4, -0.2) is 27.5 Å². The lowest BCUT2D eigenvalue weighted by atomic mass is 9.94. The predicted octanol–water partition coefficient (Wildman–Crippen LogP) is 4.69. The first-order valence-corrected chi connectivity index (χ1v) is 10.1. The smallest absolute Gasteiger partial charge is 0.109 e. The van der Waals surface area contributed by atoms with Gasteiger partial charge in [-0.25, -0.2) is 4.98 Å². The van der Waals surface area contributed by atoms with E-state index in [2.05, 4.69) is 77.1 Å². The van der Waals surface area contributed by atoms with Crippen LogP contribution in [0.15, 0.2) is 66.9 Å². The summed E-state index contributed by atoms with van der Waals surface area (Å²) >= 11 is 0. The maximum atomic E-state index is 4.76. The van der Waals surface area contributed by atoms with Crippen LogP contribution in [0, 0.1) is 12.8 Å². The molecule has 0 saturated carbocycles. The maximum absolute atomic E-state index is 4.76. The van der Waals surface area contributed by atoms with Crippen molar-refractivity contribution < 1.29 is 0 Å². The van der Waals surface area contributed by atoms with Crippen molar-refractivity contribution in [1.29, 1.82) is 0 Å². The van der Waals surface area contributed by atoms with Gasteiger partial charge in [0.15, 0.2) is 0 Å². The number of aryl methyl sites for hydroxylation is 1. The van der Waals surface area contributed by atoms with E-state index in [0.29, 0.717) is 5.92 Å². The van der Waals surface area contributed by atoms with Gasteiger partial charge in [-0.1, -0.05) is 60.7 Å². The molecular weight excluding hydrogens is 330 g/mol. The Morgan fingerprint density at radius 1 is 0.926 bits per heavy atom. The van der Waals surface area contributed by atoms with Gasteiger partial charge in [0.25, 0.3) is 0 Å². The van der Waals surface area contributed by atoms with Crippen molar-refractivity contribution >= 4 is 0 Å². The van der Waals surface area contributed by atoms with Crippen LogP contribution >= 0.6 is 0 Å². The fraction of sp³-hybridized carbons (Fsp3) is 0.375. The van der Waals surface area contributed by atoms with Crippen LogP contribution in [0.25, 0.3) is 0 Å². The van der Waals surface area contributed by atoms with Gasteiger partial charge in [-0.3, -0.25) is 4.90 Å². The van der Waals surface area contributed by atoms with Gasteiger partial charge in [0.2, 0.25) is 0 Å². The molecule has 3 heteroatoms. The number of likely N-dealkylation sites (tertiary alicyclic amines) is 1. The van der Waals surface area contributed by atoms with E-state index in [4.69, 9.17) is 4.98 Å². The number of rotatable bonds is 6. The Morgan fingerprint density at radius 3 is 2.30 bits per heavy atom. The summed E-state index contributed by atoms with van der Waals surface area (Å²) < 4.78 is 2.39. The van der Waals surface area contributed by atoms with Crippen LogP contribution < -0.4 is 0 Å². The van der Waals surface area contributed by atoms with Gasteiger partial charge in [-0.15, -0.1) is 0 Å². The number of benzene rings is 2. The van der Waals surface area contributed by atoms with Gasteiger partial charge in [0, 0.05) is 37.9 Å². The second kappa shape index (κ2) is 8.53. The van der Waals surface area contributed by atoms with Gasteiger partial charge in [0.05, 0.1) is 0 Å². The van der Waals surface area contributed by atoms with Crippen LogP contribution in [0.4, 0.5) is 0 Å². The third-order valence-electron chi connectivity index (χ3n) is 5.64. The second-order valence-electron chi connectivity index (χ2n) is 7.82. The number of imidazole rings is 1. The van der Waals surface area contributed by atoms with Crippen molar-refractivity contribution in [2.24, 2.45) is 5.92 Å². The van der Waals surface area contributed by atoms with Crippen LogP contribution in [0.2, 0.25) is 0 Å². The molecule has 27 heavy (non-hydrogen) atoms. The van der Waals surface area contributed by atoms with Crippen molar-refractivity contribution in [2.75, 3.05) is 13.1 Å². The predicted molar refractivity (Wildman–Crippen MR) is 111 cm³/mol. The molecule has 3 nitrogen and oxygen atoms in total. The number of aromatic nitrogens is 2. The highest BCUT2D eigenvalue weighted by atomic mass is 15.1. The molecule has 1 saturated heterocycles. The standard InChI is InChI=1S/C24H29N3/c1-20-16-25-24(27(20)19-22-11-6-3-7-12-22)15-23-13-8-14-26(18-23)17-21-9-4-2-5-10-21/h2-7,9-12,16,23H,8,13-15,17-19H2,1H3/t23-/m1/s1. The fourth-order valence-electron chi connectivity index (χ4n) is 4.22. The lowest BCUT2D eigenvalue weighted by Crippen LogP contribution is -2.36. The minimum absolute atomic E-state index is 0.693. The molecule has 2 aromatic carbocycles. The summed E-state index contributed by atoms with van der Waals surface area (Å²) in [7, 11) is 0. The molecule has 3 aromatic rings. The molecule has 140 valence electrons. The summed E-state index contributed by atoms with van der Waals surface area (Å²) in [5.41, 5.74) is 4.01. The normalized spacial score (nSPS) is 17.9. The number of hydrogen-bond acceptors (Lipinski definition) is 2. The van der Waals surface area contributed by atoms with Gasteiger partial charge in [-0.2, -0.15) is 0 Å². The Bertz CT molecular complexity index is 839. The van der Waals surface area contributed by atoms with E-state index >= 15 is 0 Å². The Morgan fingerprint density at radius 2 is 1.59 bits per heavy atom. The minimum Gasteiger partial charge on any atom is -0.328 e. The first-order chi connectivity index (χ1) is 13.3. The van der Waals surface area contributed by atoms with E-state index in [1.807, 2.05) is 6.20 Å². The maximum Gasteiger partial charge on any atom is 0.109 e. The average Bonchev–Trinajstić information content (AvgIpc) is 3.03. The van der Waals surface area contributed by atoms with Crippen molar-refractivity contribution in [1.82, 2.24) is 14.5 Å². The summed E-state index contributed by atoms with van der Waals surface area (Å²) in [5.74, 6) is 1.93. The topological polar surface area (TPSA) is 21.1 Å². The molecule has 0 amide bonds. The Balaban J connectivity index is 1.41. The molecule has 2 heterocycles. The second-order valence-corrected chi connectivity index (χ2v) is 7.82. The van der Waals surface area contributed by atoms with Gasteiger partial charge >= 0.3 is 0 Å². The Hall–Kier alpha value is -2.39. The molecular formula is C24H29N3. The van der Waals surface area contributed by atoms with Gasteiger partial charge in [0.1, 0.15) is 5.82 Å². The highest BCUT2D eigenvalue weighted by Crippen LogP contribution is 2.23. The molecule has 0 bridgehead atoms. The first kappa shape index (κ1) is 18.0. The molecule has 1 atom stereocenters. The Labute approximate surface area is 162 Å². The molecule has 0 radical (unpaired) electrons. The van der Waals surface area contributed by atoms with E-state index in [1.165, 1.54) is 48.6 Å². The zero-order valence-electron chi connectivity index (χ0n) is 16.2. The van der Waals surface area contributed by atoms with Crippen molar-refractivity contribution in [3.63, 3.8) is 0 Å². The van der Waals surface area contributed by atoms with Gasteiger partial charge in [-0.05, 0) is 43.4 Å². The first-order valence-electron chi connectivity index (χ1n) is 10.1. The lowest BCUT2D eigenvalue weighted by Gasteiger charge is -2.32. The largest absolute Gasteiger partial charge is 0.328 e. The molecule has 4 rings (SSSR count). The van der Waals surface area contributed by atoms with Crippen LogP contribution in [-0.2, 0) is 19.5 Å². The number of hydrogen-bond donors (Lipinski definition) is 0.